The van der Waals surface area contributed by atoms with Crippen LogP contribution in [0.15, 0.2) is 67.3 Å². The van der Waals surface area contributed by atoms with Gasteiger partial charge in [0.25, 0.3) is 11.8 Å². The van der Waals surface area contributed by atoms with Crippen molar-refractivity contribution in [1.82, 2.24) is 0 Å². The molecule has 1 N–H and O–H groups in total. The molecule has 4 rings (SSSR count). The Balaban J connectivity index is 2.00. The fourth-order valence-corrected chi connectivity index (χ4v) is 3.74. The molecule has 0 aromatic heterocycles. The normalized spacial score (nSPS) is 13.1. The first-order chi connectivity index (χ1) is 13.6. The summed E-state index contributed by atoms with van der Waals surface area (Å²) in [5.41, 5.74) is 1.45. The standard InChI is InChI=1S/C23H20N2O3/c1-3-4-14-24(2)20-16-12-8-9-13-17(16)21(26)19-18(20)22(27)25(23(19)28)15-10-6-5-7-11-15/h3,5-13,26H,1,4,14H2,2H3. The molecular weight excluding hydrogens is 352 g/mol. The van der Waals surface area contributed by atoms with Crippen LogP contribution in [0.2, 0.25) is 0 Å². The number of rotatable bonds is 5. The second-order valence-corrected chi connectivity index (χ2v) is 6.77. The van der Waals surface area contributed by atoms with Crippen LogP contribution in [-0.4, -0.2) is 30.5 Å². The van der Waals surface area contributed by atoms with E-state index in [1.54, 1.807) is 36.4 Å². The van der Waals surface area contributed by atoms with Gasteiger partial charge in [-0.3, -0.25) is 9.59 Å². The minimum Gasteiger partial charge on any atom is -0.506 e. The molecule has 3 aromatic rings. The molecule has 1 aliphatic rings. The van der Waals surface area contributed by atoms with Crippen LogP contribution < -0.4 is 9.80 Å². The van der Waals surface area contributed by atoms with Crippen molar-refractivity contribution in [1.29, 1.82) is 0 Å². The van der Waals surface area contributed by atoms with E-state index in [2.05, 4.69) is 6.58 Å². The van der Waals surface area contributed by atoms with Gasteiger partial charge in [-0.15, -0.1) is 6.58 Å². The number of hydrogen-bond acceptors (Lipinski definition) is 4. The van der Waals surface area contributed by atoms with E-state index in [9.17, 15) is 14.7 Å². The van der Waals surface area contributed by atoms with E-state index in [1.165, 1.54) is 0 Å². The van der Waals surface area contributed by atoms with Crippen molar-refractivity contribution < 1.29 is 14.7 Å². The van der Waals surface area contributed by atoms with E-state index in [4.69, 9.17) is 0 Å². The van der Waals surface area contributed by atoms with Crippen molar-refractivity contribution in [2.45, 2.75) is 6.42 Å². The molecule has 3 aromatic carbocycles. The van der Waals surface area contributed by atoms with E-state index in [-0.39, 0.29) is 16.9 Å². The first-order valence-electron chi connectivity index (χ1n) is 9.09. The highest BCUT2D eigenvalue weighted by Crippen LogP contribution is 2.45. The number of imide groups is 1. The number of amides is 2. The van der Waals surface area contributed by atoms with Crippen LogP contribution in [0.3, 0.4) is 0 Å². The fourth-order valence-electron chi connectivity index (χ4n) is 3.74. The van der Waals surface area contributed by atoms with Gasteiger partial charge in [0.2, 0.25) is 0 Å². The number of hydrogen-bond donors (Lipinski definition) is 1. The van der Waals surface area contributed by atoms with Crippen LogP contribution in [0.25, 0.3) is 10.8 Å². The molecule has 0 atom stereocenters. The topological polar surface area (TPSA) is 60.9 Å². The molecule has 0 aliphatic carbocycles. The van der Waals surface area contributed by atoms with E-state index < -0.39 is 11.8 Å². The molecule has 28 heavy (non-hydrogen) atoms. The van der Waals surface area contributed by atoms with Crippen molar-refractivity contribution in [3.8, 4) is 5.75 Å². The summed E-state index contributed by atoms with van der Waals surface area (Å²) in [7, 11) is 1.88. The lowest BCUT2D eigenvalue weighted by Crippen LogP contribution is -2.30. The van der Waals surface area contributed by atoms with Gasteiger partial charge < -0.3 is 10.0 Å². The number of phenols is 1. The van der Waals surface area contributed by atoms with E-state index in [0.717, 1.165) is 16.7 Å². The highest BCUT2D eigenvalue weighted by molar-refractivity contribution is 6.39. The largest absolute Gasteiger partial charge is 0.506 e. The maximum atomic E-state index is 13.3. The van der Waals surface area contributed by atoms with Gasteiger partial charge in [0.1, 0.15) is 5.75 Å². The number of benzene rings is 3. The maximum absolute atomic E-state index is 13.3. The number of para-hydroxylation sites is 1. The van der Waals surface area contributed by atoms with Crippen molar-refractivity contribution in [3.63, 3.8) is 0 Å². The fraction of sp³-hybridized carbons (Fsp3) is 0.130. The van der Waals surface area contributed by atoms with Gasteiger partial charge in [-0.25, -0.2) is 4.90 Å². The third-order valence-electron chi connectivity index (χ3n) is 5.06. The maximum Gasteiger partial charge on any atom is 0.270 e. The molecule has 0 radical (unpaired) electrons. The van der Waals surface area contributed by atoms with Gasteiger partial charge in [0, 0.05) is 24.4 Å². The Morgan fingerprint density at radius 3 is 2.25 bits per heavy atom. The molecule has 0 fully saturated rings. The van der Waals surface area contributed by atoms with E-state index in [0.29, 0.717) is 23.3 Å². The average Bonchev–Trinajstić information content (AvgIpc) is 2.98. The van der Waals surface area contributed by atoms with Gasteiger partial charge >= 0.3 is 0 Å². The number of nitrogens with zero attached hydrogens (tertiary/aromatic N) is 2. The van der Waals surface area contributed by atoms with Gasteiger partial charge in [0.15, 0.2) is 0 Å². The van der Waals surface area contributed by atoms with Crippen molar-refractivity contribution in [2.24, 2.45) is 0 Å². The van der Waals surface area contributed by atoms with Gasteiger partial charge in [-0.1, -0.05) is 48.5 Å². The predicted octanol–water partition coefficient (Wildman–Crippen LogP) is 4.36. The Morgan fingerprint density at radius 1 is 0.964 bits per heavy atom. The molecule has 1 heterocycles. The zero-order valence-electron chi connectivity index (χ0n) is 15.6. The molecule has 2 amide bonds. The highest BCUT2D eigenvalue weighted by atomic mass is 16.3. The Kier molecular flexibility index (Phi) is 4.35. The van der Waals surface area contributed by atoms with E-state index in [1.807, 2.05) is 36.2 Å². The molecule has 0 unspecified atom stereocenters. The summed E-state index contributed by atoms with van der Waals surface area (Å²) >= 11 is 0. The summed E-state index contributed by atoms with van der Waals surface area (Å²) < 4.78 is 0. The Hall–Kier alpha value is -3.60. The van der Waals surface area contributed by atoms with E-state index >= 15 is 0 Å². The summed E-state index contributed by atoms with van der Waals surface area (Å²) in [5, 5.41) is 12.2. The Bertz CT molecular complexity index is 1110. The third-order valence-corrected chi connectivity index (χ3v) is 5.06. The first kappa shape index (κ1) is 17.8. The smallest absolute Gasteiger partial charge is 0.270 e. The average molecular weight is 372 g/mol. The number of fused-ring (bicyclic) bond motifs is 2. The number of carbonyl (C=O) groups excluding carboxylic acids is 2. The predicted molar refractivity (Wildman–Crippen MR) is 111 cm³/mol. The molecular formula is C23H20N2O3. The zero-order valence-corrected chi connectivity index (χ0v) is 15.6. The first-order valence-corrected chi connectivity index (χ1v) is 9.09. The zero-order chi connectivity index (χ0) is 19.8. The minimum atomic E-state index is -0.507. The minimum absolute atomic E-state index is 0.0630. The molecule has 0 bridgehead atoms. The lowest BCUT2D eigenvalue weighted by molar-refractivity contribution is 0.0926. The molecule has 140 valence electrons. The molecule has 0 spiro atoms. The molecule has 5 heteroatoms. The molecule has 0 saturated carbocycles. The lowest BCUT2D eigenvalue weighted by atomic mass is 9.97. The Labute approximate surface area is 163 Å². The van der Waals surface area contributed by atoms with Gasteiger partial charge in [0.05, 0.1) is 22.5 Å². The van der Waals surface area contributed by atoms with Crippen LogP contribution in [-0.2, 0) is 0 Å². The number of phenolic OH excluding ortho intramolecular Hbond substituents is 1. The van der Waals surface area contributed by atoms with Crippen molar-refractivity contribution in [2.75, 3.05) is 23.4 Å². The van der Waals surface area contributed by atoms with Crippen molar-refractivity contribution in [3.05, 3.63) is 78.4 Å². The quantitative estimate of drug-likeness (QED) is 0.534. The molecule has 5 nitrogen and oxygen atoms in total. The highest BCUT2D eigenvalue weighted by Gasteiger charge is 2.42. The SMILES string of the molecule is C=CCCN(C)c1c2c(c(O)c3ccccc13)C(=O)N(c1ccccc1)C2=O. The Morgan fingerprint density at radius 2 is 1.57 bits per heavy atom. The number of aromatic hydroxyl groups is 1. The summed E-state index contributed by atoms with van der Waals surface area (Å²) in [6.07, 6.45) is 2.54. The number of carbonyl (C=O) groups is 2. The monoisotopic (exact) mass is 372 g/mol. The van der Waals surface area contributed by atoms with Crippen LogP contribution >= 0.6 is 0 Å². The third kappa shape index (κ3) is 2.55. The molecule has 1 aliphatic heterocycles. The summed E-state index contributed by atoms with van der Waals surface area (Å²) in [6, 6.07) is 16.1. The summed E-state index contributed by atoms with van der Waals surface area (Å²) in [6.45, 7) is 4.39. The van der Waals surface area contributed by atoms with Crippen LogP contribution in [0.4, 0.5) is 11.4 Å². The van der Waals surface area contributed by atoms with Crippen LogP contribution in [0.5, 0.6) is 5.75 Å². The summed E-state index contributed by atoms with van der Waals surface area (Å²) in [4.78, 5) is 29.6. The number of anilines is 2. The second kappa shape index (κ2) is 6.85. The van der Waals surface area contributed by atoms with Crippen molar-refractivity contribution >= 4 is 34.0 Å². The van der Waals surface area contributed by atoms with Gasteiger partial charge in [-0.2, -0.15) is 0 Å². The summed E-state index contributed by atoms with van der Waals surface area (Å²) in [5.74, 6) is -1.08. The van der Waals surface area contributed by atoms with Crippen LogP contribution in [0, 0.1) is 0 Å². The lowest BCUT2D eigenvalue weighted by Gasteiger charge is -2.23. The van der Waals surface area contributed by atoms with Gasteiger partial charge in [-0.05, 0) is 18.6 Å². The second-order valence-electron chi connectivity index (χ2n) is 6.77. The molecule has 0 saturated heterocycles. The van der Waals surface area contributed by atoms with Crippen LogP contribution in [0.1, 0.15) is 27.1 Å².